The molecule has 0 saturated carbocycles. The summed E-state index contributed by atoms with van der Waals surface area (Å²) in [7, 11) is -3.64. The maximum atomic E-state index is 12.2. The molecule has 0 aliphatic rings. The number of rotatable bonds is 5. The van der Waals surface area contributed by atoms with Crippen LogP contribution >= 0.6 is 0 Å². The fourth-order valence-corrected chi connectivity index (χ4v) is 2.97. The lowest BCUT2D eigenvalue weighted by Crippen LogP contribution is -2.28. The summed E-state index contributed by atoms with van der Waals surface area (Å²) in [5, 5.41) is 16.2. The minimum atomic E-state index is -3.64. The van der Waals surface area contributed by atoms with Crippen molar-refractivity contribution in [1.29, 1.82) is 5.26 Å². The van der Waals surface area contributed by atoms with Crippen molar-refractivity contribution in [1.82, 2.24) is 19.7 Å². The summed E-state index contributed by atoms with van der Waals surface area (Å²) >= 11 is 0. The van der Waals surface area contributed by atoms with Crippen molar-refractivity contribution in [3.63, 3.8) is 0 Å². The first-order valence-electron chi connectivity index (χ1n) is 5.87. The molecule has 1 N–H and O–H groups in total. The van der Waals surface area contributed by atoms with Gasteiger partial charge in [0.1, 0.15) is 0 Å². The first kappa shape index (κ1) is 14.2. The summed E-state index contributed by atoms with van der Waals surface area (Å²) in [5.74, 6) is 0. The number of nitrogens with one attached hydrogen (secondary N) is 1. The van der Waals surface area contributed by atoms with Gasteiger partial charge in [-0.15, -0.1) is 5.10 Å². The summed E-state index contributed by atoms with van der Waals surface area (Å²) in [5.41, 5.74) is 0.907. The van der Waals surface area contributed by atoms with E-state index < -0.39 is 10.0 Å². The molecule has 1 aromatic carbocycles. The van der Waals surface area contributed by atoms with Crippen molar-refractivity contribution < 1.29 is 8.42 Å². The average molecular weight is 291 g/mol. The van der Waals surface area contributed by atoms with E-state index in [1.54, 1.807) is 25.3 Å². The minimum absolute atomic E-state index is 0.121. The maximum Gasteiger partial charge on any atom is 0.240 e. The van der Waals surface area contributed by atoms with Crippen LogP contribution in [0.4, 0.5) is 0 Å². The SMILES string of the molecule is Cc1ccc(C#N)cc1S(=O)(=O)NCCn1ccnn1. The lowest BCUT2D eigenvalue weighted by molar-refractivity contribution is 0.552. The Morgan fingerprint density at radius 2 is 2.25 bits per heavy atom. The first-order valence-corrected chi connectivity index (χ1v) is 7.36. The number of aryl methyl sites for hydroxylation is 1. The molecule has 0 radical (unpaired) electrons. The highest BCUT2D eigenvalue weighted by Gasteiger charge is 2.16. The molecule has 0 amide bonds. The number of benzene rings is 1. The van der Waals surface area contributed by atoms with Crippen LogP contribution in [0.15, 0.2) is 35.5 Å². The van der Waals surface area contributed by atoms with Crippen molar-refractivity contribution in [2.75, 3.05) is 6.54 Å². The van der Waals surface area contributed by atoms with Crippen molar-refractivity contribution in [2.45, 2.75) is 18.4 Å². The van der Waals surface area contributed by atoms with Crippen LogP contribution in [0.5, 0.6) is 0 Å². The van der Waals surface area contributed by atoms with Gasteiger partial charge in [-0.3, -0.25) is 4.68 Å². The Morgan fingerprint density at radius 1 is 1.45 bits per heavy atom. The molecule has 0 aliphatic heterocycles. The zero-order valence-electron chi connectivity index (χ0n) is 10.8. The predicted molar refractivity (Wildman–Crippen MR) is 71.1 cm³/mol. The van der Waals surface area contributed by atoms with E-state index in [0.717, 1.165) is 0 Å². The smallest absolute Gasteiger partial charge is 0.240 e. The van der Waals surface area contributed by atoms with Crippen molar-refractivity contribution >= 4 is 10.0 Å². The molecule has 1 aromatic heterocycles. The summed E-state index contributed by atoms with van der Waals surface area (Å²) in [6.07, 6.45) is 3.17. The van der Waals surface area contributed by atoms with Gasteiger partial charge in [0.05, 0.1) is 29.3 Å². The lowest BCUT2D eigenvalue weighted by Gasteiger charge is -2.09. The number of nitriles is 1. The van der Waals surface area contributed by atoms with E-state index >= 15 is 0 Å². The molecule has 0 saturated heterocycles. The van der Waals surface area contributed by atoms with Gasteiger partial charge in [-0.1, -0.05) is 11.3 Å². The lowest BCUT2D eigenvalue weighted by atomic mass is 10.2. The summed E-state index contributed by atoms with van der Waals surface area (Å²) < 4.78 is 28.4. The molecule has 0 fully saturated rings. The van der Waals surface area contributed by atoms with Crippen LogP contribution in [0.3, 0.4) is 0 Å². The highest BCUT2D eigenvalue weighted by molar-refractivity contribution is 7.89. The molecule has 20 heavy (non-hydrogen) atoms. The fraction of sp³-hybridized carbons (Fsp3) is 0.250. The number of hydrogen-bond acceptors (Lipinski definition) is 5. The molecule has 1 heterocycles. The van der Waals surface area contributed by atoms with Crippen molar-refractivity contribution in [2.24, 2.45) is 0 Å². The van der Waals surface area contributed by atoms with Crippen LogP contribution in [0.2, 0.25) is 0 Å². The second kappa shape index (κ2) is 5.81. The van der Waals surface area contributed by atoms with Gasteiger partial charge >= 0.3 is 0 Å². The monoisotopic (exact) mass is 291 g/mol. The Hall–Kier alpha value is -2.24. The van der Waals surface area contributed by atoms with Crippen LogP contribution in [-0.2, 0) is 16.6 Å². The van der Waals surface area contributed by atoms with Gasteiger partial charge in [0.15, 0.2) is 0 Å². The average Bonchev–Trinajstić information content (AvgIpc) is 2.92. The number of nitrogens with zero attached hydrogens (tertiary/aromatic N) is 4. The van der Waals surface area contributed by atoms with Gasteiger partial charge < -0.3 is 0 Å². The Labute approximate surface area is 116 Å². The van der Waals surface area contributed by atoms with E-state index in [-0.39, 0.29) is 11.4 Å². The highest BCUT2D eigenvalue weighted by Crippen LogP contribution is 2.16. The Kier molecular flexibility index (Phi) is 4.12. The molecule has 0 spiro atoms. The fourth-order valence-electron chi connectivity index (χ4n) is 1.68. The molecule has 0 unspecified atom stereocenters. The van der Waals surface area contributed by atoms with Crippen molar-refractivity contribution in [3.8, 4) is 6.07 Å². The van der Waals surface area contributed by atoms with Crippen LogP contribution in [-0.4, -0.2) is 30.0 Å². The highest BCUT2D eigenvalue weighted by atomic mass is 32.2. The third-order valence-electron chi connectivity index (χ3n) is 2.71. The maximum absolute atomic E-state index is 12.2. The molecule has 0 aliphatic carbocycles. The van der Waals surface area contributed by atoms with Gasteiger partial charge in [0.25, 0.3) is 0 Å². The molecular formula is C12H13N5O2S. The zero-order valence-corrected chi connectivity index (χ0v) is 11.6. The van der Waals surface area contributed by atoms with Gasteiger partial charge in [-0.05, 0) is 24.6 Å². The standard InChI is InChI=1S/C12H13N5O2S/c1-10-2-3-11(9-13)8-12(10)20(18,19)15-5-7-17-6-4-14-16-17/h2-4,6,8,15H,5,7H2,1H3. The topological polar surface area (TPSA) is 101 Å². The molecule has 2 aromatic rings. The zero-order chi connectivity index (χ0) is 14.6. The first-order chi connectivity index (χ1) is 9.53. The molecule has 104 valence electrons. The Morgan fingerprint density at radius 3 is 2.90 bits per heavy atom. The summed E-state index contributed by atoms with van der Waals surface area (Å²) in [6, 6.07) is 6.50. The summed E-state index contributed by atoms with van der Waals surface area (Å²) in [6.45, 7) is 2.27. The third kappa shape index (κ3) is 3.20. The van der Waals surface area contributed by atoms with Crippen LogP contribution in [0.25, 0.3) is 0 Å². The van der Waals surface area contributed by atoms with Crippen LogP contribution in [0.1, 0.15) is 11.1 Å². The second-order valence-electron chi connectivity index (χ2n) is 4.16. The molecule has 0 atom stereocenters. The van der Waals surface area contributed by atoms with Crippen molar-refractivity contribution in [3.05, 3.63) is 41.7 Å². The third-order valence-corrected chi connectivity index (χ3v) is 4.31. The number of sulfonamides is 1. The van der Waals surface area contributed by atoms with Gasteiger partial charge in [-0.25, -0.2) is 13.1 Å². The van der Waals surface area contributed by atoms with E-state index in [2.05, 4.69) is 15.0 Å². The Bertz CT molecular complexity index is 732. The minimum Gasteiger partial charge on any atom is -0.251 e. The van der Waals surface area contributed by atoms with E-state index in [1.807, 2.05) is 6.07 Å². The van der Waals surface area contributed by atoms with Crippen LogP contribution in [0, 0.1) is 18.3 Å². The number of aromatic nitrogens is 3. The second-order valence-corrected chi connectivity index (χ2v) is 5.89. The van der Waals surface area contributed by atoms with E-state index in [9.17, 15) is 8.42 Å². The molecule has 2 rings (SSSR count). The number of hydrogen-bond donors (Lipinski definition) is 1. The van der Waals surface area contributed by atoms with E-state index in [1.165, 1.54) is 16.9 Å². The van der Waals surface area contributed by atoms with E-state index in [0.29, 0.717) is 17.7 Å². The van der Waals surface area contributed by atoms with Gasteiger partial charge in [0, 0.05) is 12.7 Å². The normalized spacial score (nSPS) is 11.2. The molecule has 0 bridgehead atoms. The van der Waals surface area contributed by atoms with Gasteiger partial charge in [-0.2, -0.15) is 5.26 Å². The largest absolute Gasteiger partial charge is 0.251 e. The predicted octanol–water partition coefficient (Wildman–Crippen LogP) is 0.437. The quantitative estimate of drug-likeness (QED) is 0.861. The Balaban J connectivity index is 2.12. The molecular weight excluding hydrogens is 278 g/mol. The molecule has 8 heteroatoms. The van der Waals surface area contributed by atoms with Crippen LogP contribution < -0.4 is 4.72 Å². The summed E-state index contributed by atoms with van der Waals surface area (Å²) in [4.78, 5) is 0.121. The van der Waals surface area contributed by atoms with E-state index in [4.69, 9.17) is 5.26 Å². The molecule has 7 nitrogen and oxygen atoms in total. The van der Waals surface area contributed by atoms with Gasteiger partial charge in [0.2, 0.25) is 10.0 Å².